The van der Waals surface area contributed by atoms with Gasteiger partial charge in [-0.25, -0.2) is 0 Å². The number of carbonyl (C=O) groups excluding carboxylic acids is 1. The highest BCUT2D eigenvalue weighted by atomic mass is 16.1. The number of nitrogens with zero attached hydrogens (tertiary/aromatic N) is 1. The van der Waals surface area contributed by atoms with E-state index in [1.54, 1.807) is 12.4 Å². The van der Waals surface area contributed by atoms with Crippen LogP contribution < -0.4 is 0 Å². The SMILES string of the molecule is Cc1ccc(-c2ccncc2)cc1C=O. The molecule has 0 spiro atoms. The van der Waals surface area contributed by atoms with Crippen molar-refractivity contribution in [3.63, 3.8) is 0 Å². The van der Waals surface area contributed by atoms with Gasteiger partial charge in [0.1, 0.15) is 6.29 Å². The van der Waals surface area contributed by atoms with Gasteiger partial charge < -0.3 is 0 Å². The Morgan fingerprint density at radius 2 is 1.80 bits per heavy atom. The molecular weight excluding hydrogens is 186 g/mol. The van der Waals surface area contributed by atoms with Crippen molar-refractivity contribution in [1.29, 1.82) is 0 Å². The molecule has 2 aromatic rings. The molecule has 0 amide bonds. The van der Waals surface area contributed by atoms with Crippen LogP contribution in [-0.4, -0.2) is 11.3 Å². The van der Waals surface area contributed by atoms with Crippen LogP contribution in [0, 0.1) is 6.92 Å². The topological polar surface area (TPSA) is 30.0 Å². The first kappa shape index (κ1) is 9.59. The molecule has 1 aromatic heterocycles. The average Bonchev–Trinajstić information content (AvgIpc) is 2.31. The molecular formula is C13H11NO. The molecule has 0 atom stereocenters. The molecule has 2 nitrogen and oxygen atoms in total. The van der Waals surface area contributed by atoms with Gasteiger partial charge in [0, 0.05) is 18.0 Å². The van der Waals surface area contributed by atoms with Crippen LogP contribution in [0.4, 0.5) is 0 Å². The first-order valence-electron chi connectivity index (χ1n) is 4.77. The van der Waals surface area contributed by atoms with E-state index in [1.165, 1.54) is 0 Å². The molecule has 2 heteroatoms. The summed E-state index contributed by atoms with van der Waals surface area (Å²) in [6, 6.07) is 9.73. The van der Waals surface area contributed by atoms with Gasteiger partial charge in [0.05, 0.1) is 0 Å². The summed E-state index contributed by atoms with van der Waals surface area (Å²) in [5.74, 6) is 0. The zero-order valence-electron chi connectivity index (χ0n) is 8.47. The van der Waals surface area contributed by atoms with Gasteiger partial charge in [-0.3, -0.25) is 9.78 Å². The fourth-order valence-corrected chi connectivity index (χ4v) is 1.49. The minimum Gasteiger partial charge on any atom is -0.298 e. The summed E-state index contributed by atoms with van der Waals surface area (Å²) in [4.78, 5) is 14.8. The zero-order chi connectivity index (χ0) is 10.7. The average molecular weight is 197 g/mol. The molecule has 0 saturated heterocycles. The quantitative estimate of drug-likeness (QED) is 0.693. The van der Waals surface area contributed by atoms with Crippen molar-refractivity contribution < 1.29 is 4.79 Å². The number of pyridine rings is 1. The lowest BCUT2D eigenvalue weighted by Gasteiger charge is -2.03. The Morgan fingerprint density at radius 1 is 1.07 bits per heavy atom. The van der Waals surface area contributed by atoms with E-state index >= 15 is 0 Å². The van der Waals surface area contributed by atoms with E-state index in [2.05, 4.69) is 4.98 Å². The summed E-state index contributed by atoms with van der Waals surface area (Å²) < 4.78 is 0. The second kappa shape index (κ2) is 4.05. The summed E-state index contributed by atoms with van der Waals surface area (Å²) in [7, 11) is 0. The van der Waals surface area contributed by atoms with Gasteiger partial charge in [-0.1, -0.05) is 12.1 Å². The lowest BCUT2D eigenvalue weighted by atomic mass is 10.0. The summed E-state index contributed by atoms with van der Waals surface area (Å²) in [5.41, 5.74) is 3.87. The predicted molar refractivity (Wildman–Crippen MR) is 59.8 cm³/mol. The van der Waals surface area contributed by atoms with Gasteiger partial charge in [-0.2, -0.15) is 0 Å². The molecule has 15 heavy (non-hydrogen) atoms. The minimum absolute atomic E-state index is 0.740. The summed E-state index contributed by atoms with van der Waals surface area (Å²) in [6.07, 6.45) is 4.38. The van der Waals surface area contributed by atoms with Gasteiger partial charge in [0.15, 0.2) is 0 Å². The predicted octanol–water partition coefficient (Wildman–Crippen LogP) is 2.87. The van der Waals surface area contributed by atoms with Crippen molar-refractivity contribution in [3.05, 3.63) is 53.9 Å². The normalized spacial score (nSPS) is 9.93. The van der Waals surface area contributed by atoms with E-state index in [0.29, 0.717) is 0 Å². The number of benzene rings is 1. The number of hydrogen-bond acceptors (Lipinski definition) is 2. The number of aromatic nitrogens is 1. The highest BCUT2D eigenvalue weighted by Crippen LogP contribution is 2.20. The van der Waals surface area contributed by atoms with Gasteiger partial charge in [-0.15, -0.1) is 0 Å². The maximum absolute atomic E-state index is 10.8. The van der Waals surface area contributed by atoms with Crippen molar-refractivity contribution in [1.82, 2.24) is 4.98 Å². The number of rotatable bonds is 2. The standard InChI is InChI=1S/C13H11NO/c1-10-2-3-12(8-13(10)9-15)11-4-6-14-7-5-11/h2-9H,1H3. The van der Waals surface area contributed by atoms with Crippen molar-refractivity contribution in [2.24, 2.45) is 0 Å². The molecule has 0 radical (unpaired) electrons. The van der Waals surface area contributed by atoms with Crippen LogP contribution in [0.5, 0.6) is 0 Å². The molecule has 0 N–H and O–H groups in total. The van der Waals surface area contributed by atoms with Gasteiger partial charge >= 0.3 is 0 Å². The zero-order valence-corrected chi connectivity index (χ0v) is 8.47. The maximum atomic E-state index is 10.8. The fraction of sp³-hybridized carbons (Fsp3) is 0.0769. The number of hydrogen-bond donors (Lipinski definition) is 0. The number of carbonyl (C=O) groups is 1. The fourth-order valence-electron chi connectivity index (χ4n) is 1.49. The molecule has 0 aliphatic rings. The van der Waals surface area contributed by atoms with E-state index < -0.39 is 0 Å². The van der Waals surface area contributed by atoms with Gasteiger partial charge in [-0.05, 0) is 41.8 Å². The molecule has 0 saturated carbocycles. The largest absolute Gasteiger partial charge is 0.298 e. The van der Waals surface area contributed by atoms with Crippen LogP contribution in [0.25, 0.3) is 11.1 Å². The van der Waals surface area contributed by atoms with E-state index in [-0.39, 0.29) is 0 Å². The minimum atomic E-state index is 0.740. The lowest BCUT2D eigenvalue weighted by Crippen LogP contribution is -1.87. The Balaban J connectivity index is 2.51. The molecule has 0 unspecified atom stereocenters. The van der Waals surface area contributed by atoms with E-state index in [9.17, 15) is 4.79 Å². The summed E-state index contributed by atoms with van der Waals surface area (Å²) in [6.45, 7) is 1.93. The third kappa shape index (κ3) is 1.94. The van der Waals surface area contributed by atoms with Crippen LogP contribution >= 0.6 is 0 Å². The second-order valence-corrected chi connectivity index (χ2v) is 3.43. The summed E-state index contributed by atoms with van der Waals surface area (Å²) >= 11 is 0. The number of aryl methyl sites for hydroxylation is 1. The first-order chi connectivity index (χ1) is 7.31. The molecule has 1 aromatic carbocycles. The molecule has 0 aliphatic heterocycles. The van der Waals surface area contributed by atoms with Crippen molar-refractivity contribution in [2.75, 3.05) is 0 Å². The monoisotopic (exact) mass is 197 g/mol. The Hall–Kier alpha value is -1.96. The van der Waals surface area contributed by atoms with Crippen molar-refractivity contribution >= 4 is 6.29 Å². The Kier molecular flexibility index (Phi) is 2.59. The van der Waals surface area contributed by atoms with Gasteiger partial charge in [0.2, 0.25) is 0 Å². The lowest BCUT2D eigenvalue weighted by molar-refractivity contribution is 0.112. The second-order valence-electron chi connectivity index (χ2n) is 3.43. The van der Waals surface area contributed by atoms with Crippen LogP contribution in [0.1, 0.15) is 15.9 Å². The summed E-state index contributed by atoms with van der Waals surface area (Å²) in [5, 5.41) is 0. The molecule has 0 aliphatic carbocycles. The Labute approximate surface area is 88.6 Å². The van der Waals surface area contributed by atoms with Crippen LogP contribution in [0.2, 0.25) is 0 Å². The first-order valence-corrected chi connectivity index (χ1v) is 4.77. The maximum Gasteiger partial charge on any atom is 0.150 e. The molecule has 0 bridgehead atoms. The van der Waals surface area contributed by atoms with Gasteiger partial charge in [0.25, 0.3) is 0 Å². The van der Waals surface area contributed by atoms with Crippen LogP contribution in [0.3, 0.4) is 0 Å². The van der Waals surface area contributed by atoms with Crippen molar-refractivity contribution in [2.45, 2.75) is 6.92 Å². The highest BCUT2D eigenvalue weighted by Gasteiger charge is 2.00. The number of aldehydes is 1. The highest BCUT2D eigenvalue weighted by molar-refractivity contribution is 5.80. The van der Waals surface area contributed by atoms with Crippen LogP contribution in [0.15, 0.2) is 42.7 Å². The molecule has 1 heterocycles. The molecule has 2 rings (SSSR count). The third-order valence-corrected chi connectivity index (χ3v) is 2.42. The molecule has 0 fully saturated rings. The van der Waals surface area contributed by atoms with Crippen LogP contribution in [-0.2, 0) is 0 Å². The Bertz CT molecular complexity index is 477. The smallest absolute Gasteiger partial charge is 0.150 e. The van der Waals surface area contributed by atoms with Crippen molar-refractivity contribution in [3.8, 4) is 11.1 Å². The third-order valence-electron chi connectivity index (χ3n) is 2.42. The van der Waals surface area contributed by atoms with E-state index in [1.807, 2.05) is 37.3 Å². The Morgan fingerprint density at radius 3 is 2.47 bits per heavy atom. The van der Waals surface area contributed by atoms with E-state index in [4.69, 9.17) is 0 Å². The van der Waals surface area contributed by atoms with E-state index in [0.717, 1.165) is 28.5 Å². The molecule has 74 valence electrons.